The number of rotatable bonds is 5. The molecule has 1 atom stereocenters. The average molecular weight is 422 g/mol. The van der Waals surface area contributed by atoms with Crippen molar-refractivity contribution in [1.29, 1.82) is 0 Å². The predicted octanol–water partition coefficient (Wildman–Crippen LogP) is 4.04. The van der Waals surface area contributed by atoms with Crippen LogP contribution in [0.3, 0.4) is 0 Å². The topological polar surface area (TPSA) is 61.8 Å². The third kappa shape index (κ3) is 5.56. The predicted molar refractivity (Wildman–Crippen MR) is 79.7 cm³/mol. The maximum Gasteiger partial charge on any atom is 0.475 e. The lowest BCUT2D eigenvalue weighted by Gasteiger charge is -2.36. The van der Waals surface area contributed by atoms with Gasteiger partial charge in [-0.1, -0.05) is 45.7 Å². The van der Waals surface area contributed by atoms with E-state index in [0.717, 1.165) is 0 Å². The second-order valence-corrected chi connectivity index (χ2v) is 11.1. The third-order valence-electron chi connectivity index (χ3n) is 2.59. The van der Waals surface area contributed by atoms with Crippen molar-refractivity contribution in [1.82, 2.24) is 0 Å². The van der Waals surface area contributed by atoms with Crippen molar-refractivity contribution in [2.45, 2.75) is 43.5 Å². The molecule has 0 radical (unpaired) electrons. The number of alkyl halides is 2. The van der Waals surface area contributed by atoms with Crippen molar-refractivity contribution in [3.8, 4) is 0 Å². The van der Waals surface area contributed by atoms with E-state index in [1.807, 2.05) is 13.8 Å². The Kier molecular flexibility index (Phi) is 5.84. The number of ketones is 1. The van der Waals surface area contributed by atoms with Crippen LogP contribution in [0.15, 0.2) is 0 Å². The number of hydrogen-bond acceptors (Lipinski definition) is 5. The molecular weight excluding hydrogens is 403 g/mol. The number of Topliss-reactive ketones (excluding diaryl/α,β-unsaturated/α-hetero) is 1. The van der Waals surface area contributed by atoms with E-state index >= 15 is 0 Å². The molecule has 1 heterocycles. The summed E-state index contributed by atoms with van der Waals surface area (Å²) in [5.74, 6) is -0.0194. The molecule has 0 spiro atoms. The number of phosphoric acid groups is 1. The van der Waals surface area contributed by atoms with E-state index < -0.39 is 17.2 Å². The van der Waals surface area contributed by atoms with E-state index in [2.05, 4.69) is 31.9 Å². The fourth-order valence-electron chi connectivity index (χ4n) is 1.39. The first-order valence-electron chi connectivity index (χ1n) is 5.91. The minimum absolute atomic E-state index is 0.0194. The van der Waals surface area contributed by atoms with Gasteiger partial charge in [0, 0.05) is 11.8 Å². The zero-order valence-electron chi connectivity index (χ0n) is 11.4. The summed E-state index contributed by atoms with van der Waals surface area (Å²) in [5, 5.41) is 0. The zero-order valence-corrected chi connectivity index (χ0v) is 15.5. The Labute approximate surface area is 130 Å². The van der Waals surface area contributed by atoms with Crippen LogP contribution in [-0.2, 0) is 22.9 Å². The minimum atomic E-state index is -3.56. The van der Waals surface area contributed by atoms with Crippen molar-refractivity contribution in [2.24, 2.45) is 5.41 Å². The first kappa shape index (κ1) is 17.8. The van der Waals surface area contributed by atoms with Crippen molar-refractivity contribution in [2.75, 3.05) is 13.2 Å². The monoisotopic (exact) mass is 420 g/mol. The first-order valence-corrected chi connectivity index (χ1v) is 8.95. The number of carbonyl (C=O) groups is 1. The molecule has 19 heavy (non-hydrogen) atoms. The molecule has 0 amide bonds. The smallest absolute Gasteiger partial charge is 0.300 e. The maximum absolute atomic E-state index is 12.3. The van der Waals surface area contributed by atoms with Gasteiger partial charge in [-0.15, -0.1) is 0 Å². The molecule has 112 valence electrons. The van der Waals surface area contributed by atoms with Crippen molar-refractivity contribution in [3.63, 3.8) is 0 Å². The van der Waals surface area contributed by atoms with Gasteiger partial charge in [-0.3, -0.25) is 18.4 Å². The van der Waals surface area contributed by atoms with Gasteiger partial charge in [0.15, 0.2) is 0 Å². The van der Waals surface area contributed by atoms with E-state index in [-0.39, 0.29) is 17.6 Å². The number of halogens is 2. The van der Waals surface area contributed by atoms with E-state index in [1.165, 1.54) is 6.92 Å². The van der Waals surface area contributed by atoms with Crippen LogP contribution in [0.25, 0.3) is 0 Å². The Morgan fingerprint density at radius 3 is 2.32 bits per heavy atom. The SMILES string of the molecule is CC(=O)CC(Br)(Br)C(C)OP1(=O)OCC(C)(C)CO1. The molecule has 8 heteroatoms. The Bertz CT molecular complexity index is 383. The fourth-order valence-corrected chi connectivity index (χ4v) is 4.44. The van der Waals surface area contributed by atoms with E-state index in [1.54, 1.807) is 6.92 Å². The summed E-state index contributed by atoms with van der Waals surface area (Å²) in [5.41, 5.74) is -0.181. The molecule has 0 bridgehead atoms. The molecule has 0 saturated carbocycles. The van der Waals surface area contributed by atoms with Crippen LogP contribution in [0.1, 0.15) is 34.1 Å². The summed E-state index contributed by atoms with van der Waals surface area (Å²) < 4.78 is 27.4. The second kappa shape index (κ2) is 6.24. The van der Waals surface area contributed by atoms with Crippen LogP contribution >= 0.6 is 39.7 Å². The van der Waals surface area contributed by atoms with Gasteiger partial charge in [0.2, 0.25) is 0 Å². The van der Waals surface area contributed by atoms with Gasteiger partial charge >= 0.3 is 7.82 Å². The first-order chi connectivity index (χ1) is 8.46. The highest BCUT2D eigenvalue weighted by atomic mass is 79.9. The van der Waals surface area contributed by atoms with Gasteiger partial charge in [0.1, 0.15) is 9.02 Å². The Balaban J connectivity index is 2.64. The van der Waals surface area contributed by atoms with Crippen LogP contribution in [0, 0.1) is 5.41 Å². The molecule has 1 fully saturated rings. The van der Waals surface area contributed by atoms with E-state index in [9.17, 15) is 9.36 Å². The van der Waals surface area contributed by atoms with Crippen LogP contribution < -0.4 is 0 Å². The van der Waals surface area contributed by atoms with Crippen molar-refractivity contribution >= 4 is 45.5 Å². The Morgan fingerprint density at radius 1 is 1.42 bits per heavy atom. The molecular formula is C11H19Br2O5P. The van der Waals surface area contributed by atoms with E-state index in [4.69, 9.17) is 13.6 Å². The van der Waals surface area contributed by atoms with Crippen LogP contribution in [0.4, 0.5) is 0 Å². The quantitative estimate of drug-likeness (QED) is 0.495. The highest BCUT2D eigenvalue weighted by molar-refractivity contribution is 9.25. The molecule has 0 aromatic carbocycles. The average Bonchev–Trinajstić information content (AvgIpc) is 2.21. The van der Waals surface area contributed by atoms with Gasteiger partial charge in [-0.25, -0.2) is 4.57 Å². The normalized spacial score (nSPS) is 23.9. The molecule has 0 aliphatic carbocycles. The minimum Gasteiger partial charge on any atom is -0.300 e. The molecule has 5 nitrogen and oxygen atoms in total. The lowest BCUT2D eigenvalue weighted by atomic mass is 9.97. The fraction of sp³-hybridized carbons (Fsp3) is 0.909. The maximum atomic E-state index is 12.3. The highest BCUT2D eigenvalue weighted by Gasteiger charge is 2.43. The zero-order chi connectivity index (χ0) is 14.9. The molecule has 0 N–H and O–H groups in total. The molecule has 1 aliphatic rings. The van der Waals surface area contributed by atoms with Crippen molar-refractivity contribution in [3.05, 3.63) is 0 Å². The molecule has 1 unspecified atom stereocenters. The Morgan fingerprint density at radius 2 is 1.89 bits per heavy atom. The summed E-state index contributed by atoms with van der Waals surface area (Å²) in [6, 6.07) is 0. The third-order valence-corrected chi connectivity index (χ3v) is 5.91. The molecule has 0 aromatic heterocycles. The second-order valence-electron chi connectivity index (χ2n) is 5.55. The van der Waals surface area contributed by atoms with Crippen LogP contribution in [0.5, 0.6) is 0 Å². The standard InChI is InChI=1S/C11H19Br2O5P/c1-8(14)5-11(12,13)9(2)18-19(15)16-6-10(3,4)7-17-19/h9H,5-7H2,1-4H3. The summed E-state index contributed by atoms with van der Waals surface area (Å²) >= 11 is 6.72. The van der Waals surface area contributed by atoms with Gasteiger partial charge in [-0.2, -0.15) is 0 Å². The Hall–Kier alpha value is 0.740. The van der Waals surface area contributed by atoms with Gasteiger partial charge < -0.3 is 0 Å². The lowest BCUT2D eigenvalue weighted by Crippen LogP contribution is -2.35. The van der Waals surface area contributed by atoms with Gasteiger partial charge in [0.25, 0.3) is 0 Å². The summed E-state index contributed by atoms with van der Waals surface area (Å²) in [6.45, 7) is 7.69. The molecule has 0 aromatic rings. The lowest BCUT2D eigenvalue weighted by molar-refractivity contribution is -0.117. The number of hydrogen-bond donors (Lipinski definition) is 0. The number of phosphoric ester groups is 1. The highest BCUT2D eigenvalue weighted by Crippen LogP contribution is 2.57. The molecule has 1 saturated heterocycles. The van der Waals surface area contributed by atoms with Gasteiger partial charge in [0.05, 0.1) is 19.3 Å². The van der Waals surface area contributed by atoms with Gasteiger partial charge in [-0.05, 0) is 13.8 Å². The van der Waals surface area contributed by atoms with Crippen LogP contribution in [0.2, 0.25) is 0 Å². The molecule has 1 aliphatic heterocycles. The molecule has 1 rings (SSSR count). The van der Waals surface area contributed by atoms with E-state index in [0.29, 0.717) is 13.2 Å². The largest absolute Gasteiger partial charge is 0.475 e. The van der Waals surface area contributed by atoms with Crippen molar-refractivity contribution < 1.29 is 22.9 Å². The summed E-state index contributed by atoms with van der Waals surface area (Å²) in [4.78, 5) is 11.2. The number of carbonyl (C=O) groups excluding carboxylic acids is 1. The van der Waals surface area contributed by atoms with Crippen LogP contribution in [-0.4, -0.2) is 28.3 Å². The summed E-state index contributed by atoms with van der Waals surface area (Å²) in [6.07, 6.45) is -0.372. The summed E-state index contributed by atoms with van der Waals surface area (Å²) in [7, 11) is -3.56.